The fourth-order valence-electron chi connectivity index (χ4n) is 1.35. The van der Waals surface area contributed by atoms with Crippen LogP contribution in [0.2, 0.25) is 0 Å². The van der Waals surface area contributed by atoms with Crippen molar-refractivity contribution >= 4 is 0 Å². The molecule has 1 aromatic rings. The predicted octanol–water partition coefficient (Wildman–Crippen LogP) is 3.13. The summed E-state index contributed by atoms with van der Waals surface area (Å²) in [5.41, 5.74) is 1.44. The maximum atomic E-state index is 9.34. The van der Waals surface area contributed by atoms with E-state index in [1.54, 1.807) is 6.92 Å². The van der Waals surface area contributed by atoms with Crippen LogP contribution in [0.3, 0.4) is 0 Å². The van der Waals surface area contributed by atoms with Gasteiger partial charge in [0.1, 0.15) is 11.9 Å². The van der Waals surface area contributed by atoms with Gasteiger partial charge in [-0.15, -0.1) is 0 Å². The molecule has 1 unspecified atom stereocenters. The number of ether oxygens (including phenoxy) is 1. The lowest BCUT2D eigenvalue weighted by molar-refractivity contribution is 0.0604. The van der Waals surface area contributed by atoms with Crippen molar-refractivity contribution in [1.29, 1.82) is 0 Å². The molecule has 0 spiro atoms. The van der Waals surface area contributed by atoms with Gasteiger partial charge in [0.05, 0.1) is 6.10 Å². The lowest BCUT2D eigenvalue weighted by atomic mass is 9.87. The van der Waals surface area contributed by atoms with Crippen molar-refractivity contribution in [2.45, 2.75) is 52.2 Å². The van der Waals surface area contributed by atoms with E-state index in [0.29, 0.717) is 0 Å². The third-order valence-electron chi connectivity index (χ3n) is 2.72. The van der Waals surface area contributed by atoms with Gasteiger partial charge < -0.3 is 9.84 Å². The minimum absolute atomic E-state index is 0.161. The summed E-state index contributed by atoms with van der Waals surface area (Å²) in [5.74, 6) is 0.807. The van der Waals surface area contributed by atoms with Crippen molar-refractivity contribution in [3.05, 3.63) is 29.8 Å². The lowest BCUT2D eigenvalue weighted by Crippen LogP contribution is -2.25. The highest BCUT2D eigenvalue weighted by atomic mass is 16.5. The van der Waals surface area contributed by atoms with Crippen LogP contribution in [0.5, 0.6) is 5.75 Å². The molecule has 2 nitrogen and oxygen atoms in total. The largest absolute Gasteiger partial charge is 0.488 e. The van der Waals surface area contributed by atoms with E-state index in [1.807, 2.05) is 19.1 Å². The molecule has 1 aromatic carbocycles. The van der Waals surface area contributed by atoms with E-state index in [4.69, 9.17) is 4.74 Å². The molecule has 2 atom stereocenters. The molecule has 0 heterocycles. The van der Waals surface area contributed by atoms with Crippen LogP contribution in [-0.2, 0) is 5.41 Å². The van der Waals surface area contributed by atoms with Gasteiger partial charge in [-0.3, -0.25) is 0 Å². The van der Waals surface area contributed by atoms with Gasteiger partial charge >= 0.3 is 0 Å². The molecule has 90 valence electrons. The molecule has 0 fully saturated rings. The van der Waals surface area contributed by atoms with Crippen LogP contribution in [0.25, 0.3) is 0 Å². The molecule has 0 saturated carbocycles. The molecule has 16 heavy (non-hydrogen) atoms. The van der Waals surface area contributed by atoms with Crippen molar-refractivity contribution in [2.75, 3.05) is 0 Å². The van der Waals surface area contributed by atoms with Crippen molar-refractivity contribution in [1.82, 2.24) is 0 Å². The monoisotopic (exact) mass is 222 g/mol. The molecule has 1 rings (SSSR count). The van der Waals surface area contributed by atoms with E-state index in [2.05, 4.69) is 32.9 Å². The first-order valence-electron chi connectivity index (χ1n) is 5.76. The molecule has 1 N–H and O–H groups in total. The second-order valence-electron chi connectivity index (χ2n) is 5.34. The second-order valence-corrected chi connectivity index (χ2v) is 5.34. The Labute approximate surface area is 98.3 Å². The van der Waals surface area contributed by atoms with E-state index >= 15 is 0 Å². The Bertz CT molecular complexity index is 320. The first-order valence-corrected chi connectivity index (χ1v) is 5.76. The van der Waals surface area contributed by atoms with Gasteiger partial charge in [-0.05, 0) is 37.0 Å². The Morgan fingerprint density at radius 3 is 1.94 bits per heavy atom. The zero-order chi connectivity index (χ0) is 12.3. The molecular formula is C14H22O2. The van der Waals surface area contributed by atoms with Crippen molar-refractivity contribution in [2.24, 2.45) is 0 Å². The molecular weight excluding hydrogens is 200 g/mol. The summed E-state index contributed by atoms with van der Waals surface area (Å²) in [7, 11) is 0. The standard InChI is InChI=1S/C14H22O2/c1-10(15)11(2)16-13-8-6-12(7-9-13)14(3,4)5/h6-11,15H,1-5H3/t10-,11?/m0/s1. The van der Waals surface area contributed by atoms with Gasteiger partial charge in [-0.2, -0.15) is 0 Å². The Morgan fingerprint density at radius 2 is 1.56 bits per heavy atom. The minimum Gasteiger partial charge on any atom is -0.488 e. The zero-order valence-electron chi connectivity index (χ0n) is 10.8. The van der Waals surface area contributed by atoms with E-state index in [0.717, 1.165) is 5.75 Å². The highest BCUT2D eigenvalue weighted by Gasteiger charge is 2.14. The van der Waals surface area contributed by atoms with Gasteiger partial charge in [-0.1, -0.05) is 32.9 Å². The van der Waals surface area contributed by atoms with Crippen LogP contribution in [0, 0.1) is 0 Å². The summed E-state index contributed by atoms with van der Waals surface area (Å²) >= 11 is 0. The fraction of sp³-hybridized carbons (Fsp3) is 0.571. The lowest BCUT2D eigenvalue weighted by Gasteiger charge is -2.21. The quantitative estimate of drug-likeness (QED) is 0.851. The Morgan fingerprint density at radius 1 is 1.06 bits per heavy atom. The molecule has 2 heteroatoms. The van der Waals surface area contributed by atoms with Crippen molar-refractivity contribution < 1.29 is 9.84 Å². The smallest absolute Gasteiger partial charge is 0.121 e. The van der Waals surface area contributed by atoms with Crippen LogP contribution >= 0.6 is 0 Å². The van der Waals surface area contributed by atoms with Crippen LogP contribution in [0.15, 0.2) is 24.3 Å². The summed E-state index contributed by atoms with van der Waals surface area (Å²) in [5, 5.41) is 9.34. The first kappa shape index (κ1) is 13.0. The van der Waals surface area contributed by atoms with E-state index in [1.165, 1.54) is 5.56 Å². The normalized spacial score (nSPS) is 15.6. The summed E-state index contributed by atoms with van der Waals surface area (Å²) in [6.07, 6.45) is -0.636. The molecule has 0 bridgehead atoms. The van der Waals surface area contributed by atoms with E-state index in [-0.39, 0.29) is 11.5 Å². The summed E-state index contributed by atoms with van der Waals surface area (Å²) in [6, 6.07) is 8.06. The summed E-state index contributed by atoms with van der Waals surface area (Å²) in [4.78, 5) is 0. The maximum absolute atomic E-state index is 9.34. The predicted molar refractivity (Wildman–Crippen MR) is 66.9 cm³/mol. The highest BCUT2D eigenvalue weighted by Crippen LogP contribution is 2.24. The SMILES string of the molecule is CC(Oc1ccc(C(C)(C)C)cc1)[C@H](C)O. The van der Waals surface area contributed by atoms with Crippen LogP contribution in [-0.4, -0.2) is 17.3 Å². The summed E-state index contributed by atoms with van der Waals surface area (Å²) < 4.78 is 5.59. The number of rotatable bonds is 3. The molecule has 0 aliphatic carbocycles. The van der Waals surface area contributed by atoms with E-state index < -0.39 is 6.10 Å². The highest BCUT2D eigenvalue weighted by molar-refractivity contribution is 5.31. The third kappa shape index (κ3) is 3.53. The van der Waals surface area contributed by atoms with Gasteiger partial charge in [0.2, 0.25) is 0 Å². The Balaban J connectivity index is 2.72. The molecule has 0 aliphatic rings. The van der Waals surface area contributed by atoms with Crippen LogP contribution in [0.4, 0.5) is 0 Å². The summed E-state index contributed by atoms with van der Waals surface area (Å²) in [6.45, 7) is 10.1. The molecule has 0 aromatic heterocycles. The van der Waals surface area contributed by atoms with Crippen molar-refractivity contribution in [3.63, 3.8) is 0 Å². The number of benzene rings is 1. The van der Waals surface area contributed by atoms with Crippen LogP contribution in [0.1, 0.15) is 40.2 Å². The van der Waals surface area contributed by atoms with Crippen molar-refractivity contribution in [3.8, 4) is 5.75 Å². The number of aliphatic hydroxyl groups excluding tert-OH is 1. The molecule has 0 radical (unpaired) electrons. The minimum atomic E-state index is -0.456. The maximum Gasteiger partial charge on any atom is 0.121 e. The van der Waals surface area contributed by atoms with Gasteiger partial charge in [0, 0.05) is 0 Å². The van der Waals surface area contributed by atoms with Gasteiger partial charge in [0.15, 0.2) is 0 Å². The average Bonchev–Trinajstić information content (AvgIpc) is 2.17. The van der Waals surface area contributed by atoms with E-state index in [9.17, 15) is 5.11 Å². The second kappa shape index (κ2) is 4.88. The first-order chi connectivity index (χ1) is 7.30. The van der Waals surface area contributed by atoms with Crippen LogP contribution < -0.4 is 4.74 Å². The number of aliphatic hydroxyl groups is 1. The molecule has 0 aliphatic heterocycles. The topological polar surface area (TPSA) is 29.5 Å². The third-order valence-corrected chi connectivity index (χ3v) is 2.72. The van der Waals surface area contributed by atoms with Gasteiger partial charge in [-0.25, -0.2) is 0 Å². The number of hydrogen-bond donors (Lipinski definition) is 1. The van der Waals surface area contributed by atoms with Gasteiger partial charge in [0.25, 0.3) is 0 Å². The zero-order valence-corrected chi connectivity index (χ0v) is 10.8. The molecule has 0 saturated heterocycles. The number of hydrogen-bond acceptors (Lipinski definition) is 2. The average molecular weight is 222 g/mol. The fourth-order valence-corrected chi connectivity index (χ4v) is 1.35. The Kier molecular flexibility index (Phi) is 3.98. The molecule has 0 amide bonds. The Hall–Kier alpha value is -1.02.